The molecule has 0 aliphatic rings. The number of aliphatic imine (C=N–C) groups is 1. The van der Waals surface area contributed by atoms with Crippen LogP contribution in [0.5, 0.6) is 0 Å². The third kappa shape index (κ3) is 13.7. The zero-order chi connectivity index (χ0) is 27.0. The number of aliphatic hydroxyl groups is 1. The molecule has 35 heavy (non-hydrogen) atoms. The maximum absolute atomic E-state index is 12.8. The van der Waals surface area contributed by atoms with E-state index in [9.17, 15) is 29.1 Å². The lowest BCUT2D eigenvalue weighted by Gasteiger charge is -2.24. The Kier molecular flexibility index (Phi) is 15.3. The SMILES string of the molecule is NCCCC[C@H](NC(=O)[C@@H](N)CC(=O)O)C(=O)N[C@@H](CO)C(=O)N[C@@H](CCCN=C(N)N)C(N)=O. The minimum atomic E-state index is -1.47. The van der Waals surface area contributed by atoms with Crippen LogP contribution in [0.4, 0.5) is 0 Å². The number of primary amides is 1. The van der Waals surface area contributed by atoms with Crippen molar-refractivity contribution in [1.29, 1.82) is 0 Å². The number of guanidine groups is 1. The Morgan fingerprint density at radius 1 is 0.800 bits per heavy atom. The van der Waals surface area contributed by atoms with Crippen molar-refractivity contribution in [2.24, 2.45) is 33.7 Å². The Hall–Kier alpha value is -3.50. The summed E-state index contributed by atoms with van der Waals surface area (Å²) < 4.78 is 0. The van der Waals surface area contributed by atoms with Gasteiger partial charge in [0.25, 0.3) is 0 Å². The van der Waals surface area contributed by atoms with E-state index in [4.69, 9.17) is 33.8 Å². The molecule has 0 bridgehead atoms. The molecule has 0 radical (unpaired) electrons. The largest absolute Gasteiger partial charge is 0.481 e. The first-order chi connectivity index (χ1) is 16.4. The Morgan fingerprint density at radius 3 is 1.86 bits per heavy atom. The van der Waals surface area contributed by atoms with Gasteiger partial charge in [-0.05, 0) is 38.6 Å². The lowest BCUT2D eigenvalue weighted by Crippen LogP contribution is -2.58. The molecule has 200 valence electrons. The molecule has 0 heterocycles. The maximum atomic E-state index is 12.8. The number of carboxylic acids is 1. The van der Waals surface area contributed by atoms with E-state index in [-0.39, 0.29) is 25.3 Å². The van der Waals surface area contributed by atoms with E-state index >= 15 is 0 Å². The molecule has 15 N–H and O–H groups in total. The second-order valence-corrected chi connectivity index (χ2v) is 7.71. The molecule has 16 nitrogen and oxygen atoms in total. The summed E-state index contributed by atoms with van der Waals surface area (Å²) in [6.07, 6.45) is 0.839. The van der Waals surface area contributed by atoms with Crippen molar-refractivity contribution >= 4 is 35.6 Å². The quantitative estimate of drug-likeness (QED) is 0.0479. The highest BCUT2D eigenvalue weighted by molar-refractivity contribution is 5.95. The fraction of sp³-hybridized carbons (Fsp3) is 0.684. The van der Waals surface area contributed by atoms with Crippen molar-refractivity contribution < 1.29 is 34.2 Å². The fourth-order valence-electron chi connectivity index (χ4n) is 2.85. The molecule has 0 unspecified atom stereocenters. The molecule has 0 fully saturated rings. The number of rotatable bonds is 18. The standard InChI is InChI=1S/C19H37N9O7/c20-6-2-1-4-12(27-16(33)10(21)8-14(30)31)17(34)28-13(9-29)18(35)26-11(15(22)32)5-3-7-25-19(23)24/h10-13,29H,1-9,20-21H2,(H2,22,32)(H,26,35)(H,27,33)(H,28,34)(H,30,31)(H4,23,24,25)/t10-,11-,12-,13-/m0/s1. The van der Waals surface area contributed by atoms with E-state index < -0.39 is 66.8 Å². The molecule has 0 aromatic carbocycles. The van der Waals surface area contributed by atoms with Crippen LogP contribution < -0.4 is 44.6 Å². The van der Waals surface area contributed by atoms with Gasteiger partial charge in [-0.1, -0.05) is 0 Å². The van der Waals surface area contributed by atoms with Crippen LogP contribution in [0.1, 0.15) is 38.5 Å². The van der Waals surface area contributed by atoms with Gasteiger partial charge in [0, 0.05) is 6.54 Å². The first-order valence-corrected chi connectivity index (χ1v) is 11.0. The van der Waals surface area contributed by atoms with Crippen LogP contribution in [0.3, 0.4) is 0 Å². The van der Waals surface area contributed by atoms with Crippen molar-refractivity contribution in [2.75, 3.05) is 19.7 Å². The van der Waals surface area contributed by atoms with Crippen LogP contribution in [0, 0.1) is 0 Å². The Labute approximate surface area is 202 Å². The third-order valence-corrected chi connectivity index (χ3v) is 4.73. The number of nitrogens with zero attached hydrogens (tertiary/aromatic N) is 1. The molecular weight excluding hydrogens is 466 g/mol. The molecule has 0 aromatic rings. The number of unbranched alkanes of at least 4 members (excludes halogenated alkanes) is 1. The van der Waals surface area contributed by atoms with Gasteiger partial charge in [-0.2, -0.15) is 0 Å². The summed E-state index contributed by atoms with van der Waals surface area (Å²) in [5.74, 6) is -4.86. The molecule has 0 spiro atoms. The van der Waals surface area contributed by atoms with E-state index in [1.54, 1.807) is 0 Å². The number of hydrogen-bond donors (Lipinski definition) is 10. The Balaban J connectivity index is 5.22. The highest BCUT2D eigenvalue weighted by Gasteiger charge is 2.29. The normalized spacial score (nSPS) is 14.0. The Morgan fingerprint density at radius 2 is 1.34 bits per heavy atom. The zero-order valence-electron chi connectivity index (χ0n) is 19.4. The lowest BCUT2D eigenvalue weighted by molar-refractivity contribution is -0.140. The smallest absolute Gasteiger partial charge is 0.305 e. The summed E-state index contributed by atoms with van der Waals surface area (Å²) in [5.41, 5.74) is 26.7. The average Bonchev–Trinajstić information content (AvgIpc) is 2.77. The number of nitrogens with two attached hydrogens (primary N) is 5. The molecule has 4 atom stereocenters. The van der Waals surface area contributed by atoms with Crippen molar-refractivity contribution in [3.8, 4) is 0 Å². The minimum Gasteiger partial charge on any atom is -0.481 e. The number of aliphatic hydroxyl groups excluding tert-OH is 1. The van der Waals surface area contributed by atoms with Gasteiger partial charge in [0.1, 0.15) is 18.1 Å². The first kappa shape index (κ1) is 31.5. The monoisotopic (exact) mass is 503 g/mol. The summed E-state index contributed by atoms with van der Waals surface area (Å²) in [7, 11) is 0. The minimum absolute atomic E-state index is 0.100. The van der Waals surface area contributed by atoms with Crippen molar-refractivity contribution in [3.05, 3.63) is 0 Å². The summed E-state index contributed by atoms with van der Waals surface area (Å²) in [4.78, 5) is 63.7. The van der Waals surface area contributed by atoms with E-state index in [0.29, 0.717) is 25.8 Å². The number of amides is 4. The zero-order valence-corrected chi connectivity index (χ0v) is 19.4. The van der Waals surface area contributed by atoms with Gasteiger partial charge in [0.05, 0.1) is 19.1 Å². The number of carboxylic acid groups (broad SMARTS) is 1. The van der Waals surface area contributed by atoms with Crippen LogP contribution in [0.2, 0.25) is 0 Å². The number of carbonyl (C=O) groups is 5. The predicted molar refractivity (Wildman–Crippen MR) is 125 cm³/mol. The second-order valence-electron chi connectivity index (χ2n) is 7.71. The van der Waals surface area contributed by atoms with E-state index in [0.717, 1.165) is 0 Å². The van der Waals surface area contributed by atoms with Gasteiger partial charge in [0.2, 0.25) is 23.6 Å². The predicted octanol–water partition coefficient (Wildman–Crippen LogP) is -5.10. The number of aliphatic carboxylic acids is 1. The highest BCUT2D eigenvalue weighted by atomic mass is 16.4. The summed E-state index contributed by atoms with van der Waals surface area (Å²) in [6.45, 7) is -0.296. The van der Waals surface area contributed by atoms with Crippen molar-refractivity contribution in [3.63, 3.8) is 0 Å². The van der Waals surface area contributed by atoms with Crippen LogP contribution in [-0.2, 0) is 24.0 Å². The Bertz CT molecular complexity index is 759. The molecule has 0 saturated carbocycles. The van der Waals surface area contributed by atoms with E-state index in [1.807, 2.05) is 0 Å². The summed E-state index contributed by atoms with van der Waals surface area (Å²) in [6, 6.07) is -5.16. The third-order valence-electron chi connectivity index (χ3n) is 4.73. The van der Waals surface area contributed by atoms with Crippen molar-refractivity contribution in [2.45, 2.75) is 62.7 Å². The van der Waals surface area contributed by atoms with Gasteiger partial charge in [-0.3, -0.25) is 29.0 Å². The van der Waals surface area contributed by atoms with Gasteiger partial charge in [0.15, 0.2) is 5.96 Å². The lowest BCUT2D eigenvalue weighted by atomic mass is 10.1. The van der Waals surface area contributed by atoms with Gasteiger partial charge in [-0.15, -0.1) is 0 Å². The van der Waals surface area contributed by atoms with Crippen LogP contribution >= 0.6 is 0 Å². The number of carbonyl (C=O) groups excluding carboxylic acids is 4. The average molecular weight is 504 g/mol. The molecule has 0 rings (SSSR count). The highest BCUT2D eigenvalue weighted by Crippen LogP contribution is 2.04. The van der Waals surface area contributed by atoms with Crippen LogP contribution in [-0.4, -0.2) is 89.6 Å². The fourth-order valence-corrected chi connectivity index (χ4v) is 2.85. The molecular formula is C19H37N9O7. The van der Waals surface area contributed by atoms with Crippen molar-refractivity contribution in [1.82, 2.24) is 16.0 Å². The number of nitrogens with one attached hydrogen (secondary N) is 3. The molecule has 0 aliphatic carbocycles. The van der Waals surface area contributed by atoms with E-state index in [1.165, 1.54) is 0 Å². The summed E-state index contributed by atoms with van der Waals surface area (Å²) in [5, 5.41) is 25.4. The first-order valence-electron chi connectivity index (χ1n) is 11.0. The number of hydrogen-bond acceptors (Lipinski definition) is 9. The van der Waals surface area contributed by atoms with Gasteiger partial charge < -0.3 is 54.8 Å². The van der Waals surface area contributed by atoms with Gasteiger partial charge in [-0.25, -0.2) is 0 Å². The van der Waals surface area contributed by atoms with Crippen LogP contribution in [0.15, 0.2) is 4.99 Å². The molecule has 0 aromatic heterocycles. The molecule has 0 aliphatic heterocycles. The summed E-state index contributed by atoms with van der Waals surface area (Å²) >= 11 is 0. The topological polar surface area (TPSA) is 304 Å². The molecule has 4 amide bonds. The van der Waals surface area contributed by atoms with Gasteiger partial charge >= 0.3 is 5.97 Å². The molecule has 0 saturated heterocycles. The maximum Gasteiger partial charge on any atom is 0.305 e. The van der Waals surface area contributed by atoms with Crippen LogP contribution in [0.25, 0.3) is 0 Å². The van der Waals surface area contributed by atoms with E-state index in [2.05, 4.69) is 20.9 Å². The second kappa shape index (κ2) is 17.0. The molecule has 16 heteroatoms.